The fourth-order valence-electron chi connectivity index (χ4n) is 2.67. The van der Waals surface area contributed by atoms with E-state index in [0.29, 0.717) is 17.7 Å². The van der Waals surface area contributed by atoms with E-state index in [1.807, 2.05) is 36.4 Å². The summed E-state index contributed by atoms with van der Waals surface area (Å²) in [5.74, 6) is 0.792. The molecule has 3 rings (SSSR count). The molecule has 3 aromatic rings. The zero-order chi connectivity index (χ0) is 21.7. The third kappa shape index (κ3) is 5.92. The molecule has 0 aliphatic heterocycles. The minimum Gasteiger partial charge on any atom is -0.487 e. The predicted octanol–water partition coefficient (Wildman–Crippen LogP) is 7.05. The van der Waals surface area contributed by atoms with Crippen molar-refractivity contribution in [2.24, 2.45) is 0 Å². The number of nitro groups is 1. The first kappa shape index (κ1) is 23.0. The zero-order valence-corrected chi connectivity index (χ0v) is 21.8. The molecule has 150 valence electrons. The molecule has 0 aromatic heterocycles. The van der Waals surface area contributed by atoms with E-state index >= 15 is 0 Å². The number of non-ortho nitro benzene ring substituents is 1. The molecule has 3 aromatic carbocycles. The van der Waals surface area contributed by atoms with Gasteiger partial charge in [0.25, 0.3) is 5.69 Å². The predicted molar refractivity (Wildman–Crippen MR) is 142 cm³/mol. The van der Waals surface area contributed by atoms with Gasteiger partial charge in [-0.05, 0) is 115 Å². The largest absolute Gasteiger partial charge is 0.487 e. The summed E-state index contributed by atoms with van der Waals surface area (Å²) < 4.78 is 9.05. The number of rotatable bonds is 6. The Kier molecular flexibility index (Phi) is 8.06. The summed E-state index contributed by atoms with van der Waals surface area (Å²) in [6, 6.07) is 20.2. The van der Waals surface area contributed by atoms with Crippen molar-refractivity contribution in [1.82, 2.24) is 0 Å². The van der Waals surface area contributed by atoms with Crippen LogP contribution in [-0.2, 0) is 6.61 Å². The van der Waals surface area contributed by atoms with E-state index in [-0.39, 0.29) is 5.69 Å². The average Bonchev–Trinajstić information content (AvgIpc) is 2.72. The number of halogens is 3. The van der Waals surface area contributed by atoms with Crippen LogP contribution >= 0.6 is 67.8 Å². The highest BCUT2D eigenvalue weighted by Crippen LogP contribution is 2.31. The first-order valence-electron chi connectivity index (χ1n) is 8.60. The molecule has 0 amide bonds. The van der Waals surface area contributed by atoms with E-state index < -0.39 is 4.92 Å². The Hall–Kier alpha value is -1.72. The monoisotopic (exact) mass is 734 g/mol. The fourth-order valence-corrected chi connectivity index (χ4v) is 5.16. The molecule has 30 heavy (non-hydrogen) atoms. The van der Waals surface area contributed by atoms with Gasteiger partial charge in [0.15, 0.2) is 0 Å². The molecule has 0 saturated heterocycles. The number of nitro benzene ring substituents is 1. The maximum absolute atomic E-state index is 11.0. The Labute approximate surface area is 214 Å². The summed E-state index contributed by atoms with van der Waals surface area (Å²) in [4.78, 5) is 10.5. The molecule has 8 heteroatoms. The number of nitrogens with zero attached hydrogens (tertiary/aromatic N) is 2. The Balaban J connectivity index is 1.86. The van der Waals surface area contributed by atoms with E-state index in [2.05, 4.69) is 73.8 Å². The van der Waals surface area contributed by atoms with Gasteiger partial charge in [-0.25, -0.2) is 0 Å². The zero-order valence-electron chi connectivity index (χ0n) is 15.3. The lowest BCUT2D eigenvalue weighted by Crippen LogP contribution is -1.99. The van der Waals surface area contributed by atoms with Crippen molar-refractivity contribution in [3.63, 3.8) is 0 Å². The fraction of sp³-hybridized carbons (Fsp3) is 0.0455. The molecule has 0 radical (unpaired) electrons. The highest BCUT2D eigenvalue weighted by atomic mass is 127. The van der Waals surface area contributed by atoms with Crippen molar-refractivity contribution in [2.75, 3.05) is 0 Å². The van der Waals surface area contributed by atoms with Crippen LogP contribution in [0.2, 0.25) is 0 Å². The van der Waals surface area contributed by atoms with E-state index in [0.717, 1.165) is 24.0 Å². The number of allylic oxidation sites excluding steroid dienone is 1. The molecule has 0 spiro atoms. The van der Waals surface area contributed by atoms with Gasteiger partial charge in [-0.15, -0.1) is 0 Å². The Morgan fingerprint density at radius 1 is 1.07 bits per heavy atom. The van der Waals surface area contributed by atoms with Gasteiger partial charge in [-0.3, -0.25) is 10.1 Å². The lowest BCUT2D eigenvalue weighted by atomic mass is 10.0. The van der Waals surface area contributed by atoms with Crippen LogP contribution in [0.3, 0.4) is 0 Å². The van der Waals surface area contributed by atoms with Crippen molar-refractivity contribution < 1.29 is 9.66 Å². The van der Waals surface area contributed by atoms with Crippen molar-refractivity contribution in [2.45, 2.75) is 6.61 Å². The van der Waals surface area contributed by atoms with Crippen LogP contribution in [0.15, 0.2) is 60.7 Å². The van der Waals surface area contributed by atoms with Gasteiger partial charge in [0.1, 0.15) is 12.4 Å². The van der Waals surface area contributed by atoms with E-state index in [1.54, 1.807) is 18.2 Å². The number of benzene rings is 3. The second-order valence-corrected chi connectivity index (χ2v) is 9.78. The minimum absolute atomic E-state index is 0.0443. The lowest BCUT2D eigenvalue weighted by molar-refractivity contribution is -0.384. The molecule has 0 heterocycles. The van der Waals surface area contributed by atoms with Gasteiger partial charge in [0, 0.05) is 15.7 Å². The van der Waals surface area contributed by atoms with Crippen molar-refractivity contribution >= 4 is 85.1 Å². The Morgan fingerprint density at radius 2 is 1.73 bits per heavy atom. The molecule has 0 aliphatic rings. The molecule has 0 saturated carbocycles. The van der Waals surface area contributed by atoms with Crippen LogP contribution in [0.25, 0.3) is 11.6 Å². The molecule has 0 N–H and O–H groups in total. The first-order valence-corrected chi connectivity index (χ1v) is 11.8. The van der Waals surface area contributed by atoms with Crippen molar-refractivity contribution in [3.8, 4) is 11.8 Å². The average molecular weight is 734 g/mol. The normalized spacial score (nSPS) is 11.1. The molecular formula is C22H13I3N2O3. The van der Waals surface area contributed by atoms with E-state index in [1.165, 1.54) is 15.7 Å². The molecule has 0 fully saturated rings. The molecule has 0 aliphatic carbocycles. The summed E-state index contributed by atoms with van der Waals surface area (Å²) in [5, 5.41) is 20.6. The Morgan fingerprint density at radius 3 is 2.33 bits per heavy atom. The lowest BCUT2D eigenvalue weighted by Gasteiger charge is -2.12. The SMILES string of the molecule is N#C/C(=C/c1cc(I)c(OCc2ccc(I)cc2)c(I)c1)c1cccc([N+](=O)[O-])c1. The maximum atomic E-state index is 11.0. The molecular weight excluding hydrogens is 721 g/mol. The van der Waals surface area contributed by atoms with Gasteiger partial charge >= 0.3 is 0 Å². The van der Waals surface area contributed by atoms with Crippen LogP contribution in [0.5, 0.6) is 5.75 Å². The van der Waals surface area contributed by atoms with Crippen molar-refractivity contribution in [3.05, 3.63) is 98.2 Å². The van der Waals surface area contributed by atoms with Crippen LogP contribution in [0, 0.1) is 32.2 Å². The van der Waals surface area contributed by atoms with Gasteiger partial charge in [-0.2, -0.15) is 5.26 Å². The molecule has 0 unspecified atom stereocenters. The van der Waals surface area contributed by atoms with Gasteiger partial charge in [0.05, 0.1) is 23.7 Å². The standard InChI is InChI=1S/C22H13I3N2O3/c23-18-6-4-14(5-7-18)13-30-22-20(24)9-15(10-21(22)25)8-17(12-26)16-2-1-3-19(11-16)27(28)29/h1-11H,13H2/b17-8-. The van der Waals surface area contributed by atoms with Gasteiger partial charge in [0.2, 0.25) is 0 Å². The first-order chi connectivity index (χ1) is 14.4. The number of ether oxygens (including phenoxy) is 1. The van der Waals surface area contributed by atoms with Crippen LogP contribution in [-0.4, -0.2) is 4.92 Å². The smallest absolute Gasteiger partial charge is 0.270 e. The summed E-state index contributed by atoms with van der Waals surface area (Å²) >= 11 is 6.70. The van der Waals surface area contributed by atoms with E-state index in [9.17, 15) is 15.4 Å². The quantitative estimate of drug-likeness (QED) is 0.0895. The second-order valence-electron chi connectivity index (χ2n) is 6.21. The molecule has 0 atom stereocenters. The highest BCUT2D eigenvalue weighted by Gasteiger charge is 2.12. The number of hydrogen-bond donors (Lipinski definition) is 0. The Bertz CT molecular complexity index is 1150. The van der Waals surface area contributed by atoms with Gasteiger partial charge < -0.3 is 4.74 Å². The van der Waals surface area contributed by atoms with Gasteiger partial charge in [-0.1, -0.05) is 24.3 Å². The highest BCUT2D eigenvalue weighted by molar-refractivity contribution is 14.1. The summed E-state index contributed by atoms with van der Waals surface area (Å²) in [6.45, 7) is 0.467. The second kappa shape index (κ2) is 10.5. The summed E-state index contributed by atoms with van der Waals surface area (Å²) in [5.41, 5.74) is 2.74. The summed E-state index contributed by atoms with van der Waals surface area (Å²) in [7, 11) is 0. The van der Waals surface area contributed by atoms with E-state index in [4.69, 9.17) is 4.74 Å². The number of nitriles is 1. The summed E-state index contributed by atoms with van der Waals surface area (Å²) in [6.07, 6.45) is 1.73. The van der Waals surface area contributed by atoms with Crippen LogP contribution < -0.4 is 4.74 Å². The molecule has 0 bridgehead atoms. The number of hydrogen-bond acceptors (Lipinski definition) is 4. The minimum atomic E-state index is -0.468. The van der Waals surface area contributed by atoms with Crippen LogP contribution in [0.1, 0.15) is 16.7 Å². The third-order valence-corrected chi connectivity index (χ3v) is 6.44. The van der Waals surface area contributed by atoms with Crippen molar-refractivity contribution in [1.29, 1.82) is 5.26 Å². The van der Waals surface area contributed by atoms with Crippen LogP contribution in [0.4, 0.5) is 5.69 Å². The maximum Gasteiger partial charge on any atom is 0.270 e. The third-order valence-electron chi connectivity index (χ3n) is 4.12. The molecule has 5 nitrogen and oxygen atoms in total. The topological polar surface area (TPSA) is 76.2 Å².